The van der Waals surface area contributed by atoms with E-state index < -0.39 is 0 Å². The highest BCUT2D eigenvalue weighted by Gasteiger charge is 2.38. The van der Waals surface area contributed by atoms with Crippen LogP contribution in [0.4, 0.5) is 5.69 Å². The summed E-state index contributed by atoms with van der Waals surface area (Å²) in [6, 6.07) is 9.92. The zero-order valence-electron chi connectivity index (χ0n) is 17.0. The molecule has 1 nitrogen and oxygen atoms in total. The molecule has 1 heteroatoms. The third-order valence-corrected chi connectivity index (χ3v) is 4.94. The molecule has 142 valence electrons. The van der Waals surface area contributed by atoms with Crippen molar-refractivity contribution in [1.82, 2.24) is 0 Å². The molecule has 0 spiro atoms. The lowest BCUT2D eigenvalue weighted by Gasteiger charge is -2.22. The van der Waals surface area contributed by atoms with Crippen LogP contribution in [0.25, 0.3) is 0 Å². The standard InChI is InChI=1S/C27H29N/c1-9-13-25-22(5)23(6)26(27(25,7)8)18-20(3)19(2)16-17-21(4)28-24-14-11-10-12-15-24/h9-18,28H,1-6H2,7-8H3/b17-16-,25-13+,26-18+. The Morgan fingerprint density at radius 2 is 1.50 bits per heavy atom. The molecule has 1 aliphatic carbocycles. The lowest BCUT2D eigenvalue weighted by Crippen LogP contribution is -2.11. The highest BCUT2D eigenvalue weighted by Crippen LogP contribution is 2.52. The largest absolute Gasteiger partial charge is 0.356 e. The van der Waals surface area contributed by atoms with Crippen LogP contribution in [0.2, 0.25) is 0 Å². The van der Waals surface area contributed by atoms with E-state index >= 15 is 0 Å². The van der Waals surface area contributed by atoms with Crippen LogP contribution >= 0.6 is 0 Å². The van der Waals surface area contributed by atoms with Crippen LogP contribution in [0.15, 0.2) is 139 Å². The van der Waals surface area contributed by atoms with Crippen molar-refractivity contribution in [3.63, 3.8) is 0 Å². The molecule has 0 aromatic heterocycles. The molecule has 0 atom stereocenters. The van der Waals surface area contributed by atoms with Crippen molar-refractivity contribution in [2.45, 2.75) is 13.8 Å². The van der Waals surface area contributed by atoms with Crippen molar-refractivity contribution in [2.24, 2.45) is 5.41 Å². The molecule has 1 N–H and O–H groups in total. The van der Waals surface area contributed by atoms with Gasteiger partial charge in [0.05, 0.1) is 0 Å². The fourth-order valence-electron chi connectivity index (χ4n) is 3.24. The van der Waals surface area contributed by atoms with Crippen LogP contribution < -0.4 is 5.32 Å². The van der Waals surface area contributed by atoms with Crippen molar-refractivity contribution < 1.29 is 0 Å². The Morgan fingerprint density at radius 3 is 2.11 bits per heavy atom. The second kappa shape index (κ2) is 8.58. The fraction of sp³-hybridized carbons (Fsp3) is 0.111. The smallest absolute Gasteiger partial charge is 0.0384 e. The van der Waals surface area contributed by atoms with E-state index in [0.29, 0.717) is 0 Å². The van der Waals surface area contributed by atoms with Gasteiger partial charge in [-0.15, -0.1) is 0 Å². The SMILES string of the molecule is C=C/C=C1\C(=C)C(=C)/C(=C\C(=C)C(=C)/C=C\C(=C)Nc2ccccc2)C1(C)C. The Labute approximate surface area is 169 Å². The molecule has 0 amide bonds. The van der Waals surface area contributed by atoms with Gasteiger partial charge in [0.15, 0.2) is 0 Å². The van der Waals surface area contributed by atoms with Gasteiger partial charge >= 0.3 is 0 Å². The average molecular weight is 368 g/mol. The molecule has 28 heavy (non-hydrogen) atoms. The molecule has 0 heterocycles. The van der Waals surface area contributed by atoms with Gasteiger partial charge in [-0.25, -0.2) is 0 Å². The minimum atomic E-state index is -0.201. The number of nitrogens with one attached hydrogen (secondary N) is 1. The Morgan fingerprint density at radius 1 is 0.893 bits per heavy atom. The van der Waals surface area contributed by atoms with Crippen molar-refractivity contribution in [2.75, 3.05) is 5.32 Å². The van der Waals surface area contributed by atoms with Crippen LogP contribution in [0.5, 0.6) is 0 Å². The fourth-order valence-corrected chi connectivity index (χ4v) is 3.24. The third kappa shape index (κ3) is 4.50. The van der Waals surface area contributed by atoms with Crippen LogP contribution in [0.1, 0.15) is 13.8 Å². The first-order chi connectivity index (χ1) is 13.2. The molecule has 1 aromatic rings. The molecule has 0 unspecified atom stereocenters. The molecular weight excluding hydrogens is 338 g/mol. The molecule has 0 radical (unpaired) electrons. The molecule has 0 aliphatic heterocycles. The molecule has 1 aromatic carbocycles. The number of benzene rings is 1. The number of para-hydroxylation sites is 1. The van der Waals surface area contributed by atoms with Crippen LogP contribution in [-0.2, 0) is 0 Å². The van der Waals surface area contributed by atoms with Crippen LogP contribution in [0.3, 0.4) is 0 Å². The van der Waals surface area contributed by atoms with E-state index in [-0.39, 0.29) is 5.41 Å². The Bertz CT molecular complexity index is 943. The van der Waals surface area contributed by atoms with Gasteiger partial charge in [0.1, 0.15) is 0 Å². The number of anilines is 1. The normalized spacial score (nSPS) is 18.6. The zero-order valence-corrected chi connectivity index (χ0v) is 17.0. The van der Waals surface area contributed by atoms with Gasteiger partial charge in [-0.3, -0.25) is 0 Å². The maximum absolute atomic E-state index is 4.22. The summed E-state index contributed by atoms with van der Waals surface area (Å²) in [7, 11) is 0. The summed E-state index contributed by atoms with van der Waals surface area (Å²) in [6.07, 6.45) is 9.66. The molecule has 1 fully saturated rings. The van der Waals surface area contributed by atoms with Crippen molar-refractivity contribution >= 4 is 5.69 Å². The minimum absolute atomic E-state index is 0.201. The molecule has 1 aliphatic rings. The summed E-state index contributed by atoms with van der Waals surface area (Å²) in [5.41, 5.74) is 7.35. The first-order valence-electron chi connectivity index (χ1n) is 9.20. The summed E-state index contributed by atoms with van der Waals surface area (Å²) >= 11 is 0. The van der Waals surface area contributed by atoms with E-state index in [1.807, 2.05) is 48.6 Å². The predicted octanol–water partition coefficient (Wildman–Crippen LogP) is 7.47. The second-order valence-electron chi connectivity index (χ2n) is 7.36. The molecule has 1 saturated carbocycles. The molecule has 0 bridgehead atoms. The van der Waals surface area contributed by atoms with Gasteiger partial charge in [-0.2, -0.15) is 0 Å². The van der Waals surface area contributed by atoms with Crippen molar-refractivity contribution in [1.29, 1.82) is 0 Å². The van der Waals surface area contributed by atoms with E-state index in [1.54, 1.807) is 6.08 Å². The maximum Gasteiger partial charge on any atom is 0.0384 e. The van der Waals surface area contributed by atoms with Crippen LogP contribution in [-0.4, -0.2) is 0 Å². The van der Waals surface area contributed by atoms with Gasteiger partial charge in [-0.05, 0) is 51.6 Å². The highest BCUT2D eigenvalue weighted by atomic mass is 14.9. The van der Waals surface area contributed by atoms with Crippen LogP contribution in [0, 0.1) is 5.41 Å². The summed E-state index contributed by atoms with van der Waals surface area (Å²) in [6.45, 7) is 28.9. The van der Waals surface area contributed by atoms with E-state index in [0.717, 1.165) is 44.8 Å². The first-order valence-corrected chi connectivity index (χ1v) is 9.20. The van der Waals surface area contributed by atoms with Crippen molar-refractivity contribution in [3.8, 4) is 0 Å². The summed E-state index contributed by atoms with van der Waals surface area (Å²) < 4.78 is 0. The van der Waals surface area contributed by atoms with E-state index in [9.17, 15) is 0 Å². The van der Waals surface area contributed by atoms with E-state index in [2.05, 4.69) is 64.7 Å². The minimum Gasteiger partial charge on any atom is -0.356 e. The van der Waals surface area contributed by atoms with Gasteiger partial charge in [0, 0.05) is 16.8 Å². The Hall–Kier alpha value is -3.32. The highest BCUT2D eigenvalue weighted by molar-refractivity contribution is 5.69. The van der Waals surface area contributed by atoms with Crippen molar-refractivity contribution in [3.05, 3.63) is 139 Å². The van der Waals surface area contributed by atoms with Gasteiger partial charge in [0.2, 0.25) is 0 Å². The molecule has 2 rings (SSSR count). The number of hydrogen-bond acceptors (Lipinski definition) is 1. The summed E-state index contributed by atoms with van der Waals surface area (Å²) in [5, 5.41) is 3.25. The van der Waals surface area contributed by atoms with Gasteiger partial charge in [-0.1, -0.05) is 95.8 Å². The Balaban J connectivity index is 2.15. The monoisotopic (exact) mass is 367 g/mol. The summed E-state index contributed by atoms with van der Waals surface area (Å²) in [4.78, 5) is 0. The zero-order chi connectivity index (χ0) is 20.9. The summed E-state index contributed by atoms with van der Waals surface area (Å²) in [5.74, 6) is 0. The second-order valence-corrected chi connectivity index (χ2v) is 7.36. The topological polar surface area (TPSA) is 12.0 Å². The average Bonchev–Trinajstić information content (AvgIpc) is 2.81. The lowest BCUT2D eigenvalue weighted by atomic mass is 9.81. The number of allylic oxidation sites excluding steroid dienone is 11. The first kappa shape index (κ1) is 21.0. The number of hydrogen-bond donors (Lipinski definition) is 1. The lowest BCUT2D eigenvalue weighted by molar-refractivity contribution is 0.583. The third-order valence-electron chi connectivity index (χ3n) is 4.94. The van der Waals surface area contributed by atoms with E-state index in [1.165, 1.54) is 0 Å². The molecular formula is C27H29N. The number of rotatable bonds is 7. The quantitative estimate of drug-likeness (QED) is 0.493. The molecule has 0 saturated heterocycles. The van der Waals surface area contributed by atoms with Gasteiger partial charge < -0.3 is 5.32 Å². The predicted molar refractivity (Wildman–Crippen MR) is 125 cm³/mol. The maximum atomic E-state index is 4.22. The Kier molecular flexibility index (Phi) is 6.43. The van der Waals surface area contributed by atoms with Gasteiger partial charge in [0.25, 0.3) is 0 Å². The van der Waals surface area contributed by atoms with E-state index in [4.69, 9.17) is 0 Å².